The van der Waals surface area contributed by atoms with Gasteiger partial charge in [-0.15, -0.1) is 0 Å². The zero-order valence-corrected chi connectivity index (χ0v) is 13.3. The largest absolute Gasteiger partial charge is 0.493 e. The van der Waals surface area contributed by atoms with E-state index in [4.69, 9.17) is 9.47 Å². The summed E-state index contributed by atoms with van der Waals surface area (Å²) in [5.74, 6) is 1.54. The van der Waals surface area contributed by atoms with Crippen molar-refractivity contribution in [3.63, 3.8) is 0 Å². The predicted molar refractivity (Wildman–Crippen MR) is 80.0 cm³/mol. The van der Waals surface area contributed by atoms with E-state index in [9.17, 15) is 0 Å². The number of nitrogens with one attached hydrogen (secondary N) is 1. The smallest absolute Gasteiger partial charge is 0.161 e. The van der Waals surface area contributed by atoms with Crippen molar-refractivity contribution in [2.24, 2.45) is 0 Å². The highest BCUT2D eigenvalue weighted by Gasteiger charge is 2.24. The molecular weight excluding hydrogens is 308 g/mol. The third-order valence-electron chi connectivity index (χ3n) is 3.61. The van der Waals surface area contributed by atoms with Gasteiger partial charge in [-0.25, -0.2) is 0 Å². The molecule has 0 spiro atoms. The van der Waals surface area contributed by atoms with E-state index in [0.29, 0.717) is 6.04 Å². The molecule has 5 heteroatoms. The minimum absolute atomic E-state index is 0.644. The minimum Gasteiger partial charge on any atom is -0.493 e. The maximum Gasteiger partial charge on any atom is 0.161 e. The number of benzene rings is 1. The molecule has 2 rings (SSSR count). The van der Waals surface area contributed by atoms with Gasteiger partial charge in [-0.2, -0.15) is 0 Å². The molecular formula is C14H21BrN2O2. The van der Waals surface area contributed by atoms with Crippen LogP contribution >= 0.6 is 15.9 Å². The second-order valence-electron chi connectivity index (χ2n) is 4.67. The van der Waals surface area contributed by atoms with Gasteiger partial charge in [0.2, 0.25) is 0 Å². The maximum absolute atomic E-state index is 5.37. The van der Waals surface area contributed by atoms with Crippen LogP contribution in [0, 0.1) is 0 Å². The lowest BCUT2D eigenvalue weighted by atomic mass is 10.1. The van der Waals surface area contributed by atoms with E-state index < -0.39 is 0 Å². The molecule has 1 heterocycles. The predicted octanol–water partition coefficient (Wildman–Crippen LogP) is 2.26. The summed E-state index contributed by atoms with van der Waals surface area (Å²) < 4.78 is 11.7. The van der Waals surface area contributed by atoms with Crippen molar-refractivity contribution in [2.75, 3.05) is 33.9 Å². The Hall–Kier alpha value is -0.780. The molecule has 0 saturated carbocycles. The molecule has 1 aliphatic heterocycles. The van der Waals surface area contributed by atoms with E-state index in [1.54, 1.807) is 14.2 Å². The van der Waals surface area contributed by atoms with Gasteiger partial charge in [0.1, 0.15) is 0 Å². The molecule has 4 nitrogen and oxygen atoms in total. The van der Waals surface area contributed by atoms with Crippen LogP contribution < -0.4 is 14.8 Å². The summed E-state index contributed by atoms with van der Waals surface area (Å²) in [5, 5.41) is 3.32. The van der Waals surface area contributed by atoms with Gasteiger partial charge in [-0.1, -0.05) is 22.9 Å². The number of likely N-dealkylation sites (N-methyl/N-ethyl adjacent to an activating group) is 1. The van der Waals surface area contributed by atoms with Gasteiger partial charge in [-0.3, -0.25) is 4.90 Å². The molecule has 0 unspecified atom stereocenters. The Balaban J connectivity index is 2.18. The number of ether oxygens (including phenoxy) is 2. The van der Waals surface area contributed by atoms with Crippen LogP contribution in [-0.4, -0.2) is 44.8 Å². The molecule has 0 bridgehead atoms. The van der Waals surface area contributed by atoms with Crippen molar-refractivity contribution in [2.45, 2.75) is 19.5 Å². The van der Waals surface area contributed by atoms with Crippen LogP contribution in [0.1, 0.15) is 12.5 Å². The molecule has 0 aromatic heterocycles. The molecule has 0 aliphatic carbocycles. The van der Waals surface area contributed by atoms with E-state index >= 15 is 0 Å². The molecule has 0 radical (unpaired) electrons. The van der Waals surface area contributed by atoms with Crippen LogP contribution in [0.3, 0.4) is 0 Å². The summed E-state index contributed by atoms with van der Waals surface area (Å²) in [6.45, 7) is 6.33. The molecule has 19 heavy (non-hydrogen) atoms. The van der Waals surface area contributed by atoms with Crippen molar-refractivity contribution in [1.82, 2.24) is 10.2 Å². The van der Waals surface area contributed by atoms with Crippen LogP contribution in [0.5, 0.6) is 11.5 Å². The van der Waals surface area contributed by atoms with Crippen LogP contribution in [0.2, 0.25) is 0 Å². The summed E-state index contributed by atoms with van der Waals surface area (Å²) in [6.07, 6.45) is 0. The van der Waals surface area contributed by atoms with Crippen molar-refractivity contribution < 1.29 is 9.47 Å². The second-order valence-corrected chi connectivity index (χ2v) is 5.53. The molecule has 1 aliphatic rings. The fourth-order valence-corrected chi connectivity index (χ4v) is 2.71. The number of halogens is 1. The Labute approximate surface area is 123 Å². The number of nitrogens with zero attached hydrogens (tertiary/aromatic N) is 1. The van der Waals surface area contributed by atoms with E-state index in [0.717, 1.165) is 42.2 Å². The third kappa shape index (κ3) is 3.22. The standard InChI is InChI=1S/C14H21BrN2O2/c1-4-17(11-7-16-8-11)9-10-5-13(18-2)14(19-3)6-12(10)15/h5-6,11,16H,4,7-9H2,1-3H3. The monoisotopic (exact) mass is 328 g/mol. The van der Waals surface area contributed by atoms with Crippen molar-refractivity contribution in [1.29, 1.82) is 0 Å². The van der Waals surface area contributed by atoms with Gasteiger partial charge < -0.3 is 14.8 Å². The molecule has 1 fully saturated rings. The Morgan fingerprint density at radius 1 is 1.26 bits per heavy atom. The zero-order valence-electron chi connectivity index (χ0n) is 11.7. The molecule has 0 amide bonds. The van der Waals surface area contributed by atoms with Crippen molar-refractivity contribution in [3.8, 4) is 11.5 Å². The SMILES string of the molecule is CCN(Cc1cc(OC)c(OC)cc1Br)C1CNC1. The molecule has 1 N–H and O–H groups in total. The number of hydrogen-bond acceptors (Lipinski definition) is 4. The summed E-state index contributed by atoms with van der Waals surface area (Å²) >= 11 is 3.62. The third-order valence-corrected chi connectivity index (χ3v) is 4.35. The first kappa shape index (κ1) is 14.6. The van der Waals surface area contributed by atoms with Gasteiger partial charge in [-0.05, 0) is 24.2 Å². The van der Waals surface area contributed by atoms with E-state index in [1.807, 2.05) is 6.07 Å². The van der Waals surface area contributed by atoms with Crippen LogP contribution in [-0.2, 0) is 6.54 Å². The normalized spacial score (nSPS) is 15.4. The first-order valence-corrected chi connectivity index (χ1v) is 7.34. The fourth-order valence-electron chi connectivity index (χ4n) is 2.27. The lowest BCUT2D eigenvalue weighted by Crippen LogP contribution is -2.56. The Morgan fingerprint density at radius 2 is 1.89 bits per heavy atom. The van der Waals surface area contributed by atoms with Crippen LogP contribution in [0.25, 0.3) is 0 Å². The van der Waals surface area contributed by atoms with Gasteiger partial charge in [0.15, 0.2) is 11.5 Å². The molecule has 1 aromatic rings. The zero-order chi connectivity index (χ0) is 13.8. The van der Waals surface area contributed by atoms with E-state index in [2.05, 4.69) is 39.1 Å². The minimum atomic E-state index is 0.644. The Kier molecular flexibility index (Phi) is 5.07. The summed E-state index contributed by atoms with van der Waals surface area (Å²) in [4.78, 5) is 2.47. The molecule has 1 saturated heterocycles. The maximum atomic E-state index is 5.37. The lowest BCUT2D eigenvalue weighted by molar-refractivity contribution is 0.145. The molecule has 106 valence electrons. The number of hydrogen-bond donors (Lipinski definition) is 1. The summed E-state index contributed by atoms with van der Waals surface area (Å²) in [7, 11) is 3.32. The second kappa shape index (κ2) is 6.59. The van der Waals surface area contributed by atoms with Gasteiger partial charge in [0.05, 0.1) is 14.2 Å². The average molecular weight is 329 g/mol. The Morgan fingerprint density at radius 3 is 2.37 bits per heavy atom. The van der Waals surface area contributed by atoms with Gasteiger partial charge >= 0.3 is 0 Å². The summed E-state index contributed by atoms with van der Waals surface area (Å²) in [5.41, 5.74) is 1.23. The first-order chi connectivity index (χ1) is 9.19. The quantitative estimate of drug-likeness (QED) is 0.868. The van der Waals surface area contributed by atoms with Gasteiger partial charge in [0, 0.05) is 30.1 Å². The van der Waals surface area contributed by atoms with Crippen molar-refractivity contribution in [3.05, 3.63) is 22.2 Å². The Bertz CT molecular complexity index is 436. The van der Waals surface area contributed by atoms with Gasteiger partial charge in [0.25, 0.3) is 0 Å². The van der Waals surface area contributed by atoms with Crippen LogP contribution in [0.4, 0.5) is 0 Å². The van der Waals surface area contributed by atoms with E-state index in [1.165, 1.54) is 5.56 Å². The topological polar surface area (TPSA) is 33.7 Å². The average Bonchev–Trinajstić information content (AvgIpc) is 2.37. The van der Waals surface area contributed by atoms with Crippen molar-refractivity contribution >= 4 is 15.9 Å². The highest BCUT2D eigenvalue weighted by molar-refractivity contribution is 9.10. The molecule has 0 atom stereocenters. The lowest BCUT2D eigenvalue weighted by Gasteiger charge is -2.37. The highest BCUT2D eigenvalue weighted by atomic mass is 79.9. The highest BCUT2D eigenvalue weighted by Crippen LogP contribution is 2.34. The van der Waals surface area contributed by atoms with E-state index in [-0.39, 0.29) is 0 Å². The first-order valence-electron chi connectivity index (χ1n) is 6.54. The molecule has 1 aromatic carbocycles. The summed E-state index contributed by atoms with van der Waals surface area (Å²) in [6, 6.07) is 4.67. The van der Waals surface area contributed by atoms with Crippen LogP contribution in [0.15, 0.2) is 16.6 Å². The number of methoxy groups -OCH3 is 2. The fraction of sp³-hybridized carbons (Fsp3) is 0.571. The number of rotatable bonds is 6.